The Balaban J connectivity index is 0.00000144. The molecule has 1 N–H and O–H groups in total. The van der Waals surface area contributed by atoms with Gasteiger partial charge in [0.2, 0.25) is 5.82 Å². The molecule has 3 aromatic heterocycles. The van der Waals surface area contributed by atoms with E-state index in [2.05, 4.69) is 39.8 Å². The lowest BCUT2D eigenvalue weighted by Gasteiger charge is -2.18. The number of fused-ring (bicyclic) bond motifs is 1. The highest BCUT2D eigenvalue weighted by Crippen LogP contribution is 2.38. The van der Waals surface area contributed by atoms with Crippen LogP contribution in [0.1, 0.15) is 86.7 Å². The topological polar surface area (TPSA) is 116 Å². The van der Waals surface area contributed by atoms with Gasteiger partial charge in [0.1, 0.15) is 17.1 Å². The predicted molar refractivity (Wildman–Crippen MR) is 188 cm³/mol. The van der Waals surface area contributed by atoms with Crippen LogP contribution in [0.4, 0.5) is 5.82 Å². The van der Waals surface area contributed by atoms with Gasteiger partial charge in [0.15, 0.2) is 11.3 Å². The molecule has 0 saturated heterocycles. The lowest BCUT2D eigenvalue weighted by atomic mass is 9.97. The molecule has 0 unspecified atom stereocenters. The highest BCUT2D eigenvalue weighted by Gasteiger charge is 2.20. The Morgan fingerprint density at radius 1 is 1.00 bits per heavy atom. The van der Waals surface area contributed by atoms with Crippen molar-refractivity contribution in [2.75, 3.05) is 18.2 Å². The van der Waals surface area contributed by atoms with Gasteiger partial charge in [-0.25, -0.2) is 14.8 Å². The lowest BCUT2D eigenvalue weighted by molar-refractivity contribution is 0.0594. The van der Waals surface area contributed by atoms with Crippen LogP contribution in [0, 0.1) is 13.8 Å². The molecule has 0 amide bonds. The smallest absolute Gasteiger partial charge is 0.356 e. The van der Waals surface area contributed by atoms with Crippen LogP contribution in [-0.2, 0) is 29.0 Å². The summed E-state index contributed by atoms with van der Waals surface area (Å²) < 4.78 is 19.1. The maximum atomic E-state index is 12.2. The molecule has 0 saturated carbocycles. The molecule has 252 valence electrons. The molecule has 0 fully saturated rings. The Hall–Kier alpha value is -4.19. The third kappa shape index (κ3) is 8.79. The number of rotatable bonds is 12. The van der Waals surface area contributed by atoms with Crippen LogP contribution in [-0.4, -0.2) is 44.6 Å². The molecule has 0 aliphatic rings. The van der Waals surface area contributed by atoms with Crippen molar-refractivity contribution in [3.05, 3.63) is 88.6 Å². The summed E-state index contributed by atoms with van der Waals surface area (Å²) in [5.41, 5.74) is 6.40. The first-order chi connectivity index (χ1) is 22.8. The maximum absolute atomic E-state index is 12.2. The number of pyridine rings is 1. The minimum absolute atomic E-state index is 0.245. The fraction of sp³-hybridized carbons (Fsp3) is 0.389. The average Bonchev–Trinajstić information content (AvgIpc) is 3.63. The SMILES string of the molecule is CC.CC.CCCc1nc2ccc(C(=O)OC)nc2n1Cc1ccc(-c2ccccc2SN(O)c2noc(C)c2C)c(COCC)c1. The van der Waals surface area contributed by atoms with Crippen molar-refractivity contribution in [3.63, 3.8) is 0 Å². The number of hydrogen-bond donors (Lipinski definition) is 1. The van der Waals surface area contributed by atoms with Crippen molar-refractivity contribution < 1.29 is 24.0 Å². The summed E-state index contributed by atoms with van der Waals surface area (Å²) in [7, 11) is 1.35. The summed E-state index contributed by atoms with van der Waals surface area (Å²) >= 11 is 1.17. The van der Waals surface area contributed by atoms with Gasteiger partial charge in [-0.15, -0.1) is 0 Å². The highest BCUT2D eigenvalue weighted by molar-refractivity contribution is 8.00. The predicted octanol–water partition coefficient (Wildman–Crippen LogP) is 8.98. The number of aromatic nitrogens is 4. The minimum Gasteiger partial charge on any atom is -0.464 e. The van der Waals surface area contributed by atoms with Crippen molar-refractivity contribution in [1.29, 1.82) is 0 Å². The molecule has 47 heavy (non-hydrogen) atoms. The maximum Gasteiger partial charge on any atom is 0.356 e. The zero-order valence-corrected chi connectivity index (χ0v) is 29.8. The molecule has 5 rings (SSSR count). The Labute approximate surface area is 282 Å². The molecule has 11 heteroatoms. The van der Waals surface area contributed by atoms with Crippen LogP contribution >= 0.6 is 11.9 Å². The first-order valence-corrected chi connectivity index (χ1v) is 16.9. The van der Waals surface area contributed by atoms with E-state index in [-0.39, 0.29) is 5.69 Å². The van der Waals surface area contributed by atoms with Crippen molar-refractivity contribution >= 4 is 34.9 Å². The molecule has 0 bridgehead atoms. The average molecular weight is 662 g/mol. The van der Waals surface area contributed by atoms with E-state index in [0.29, 0.717) is 37.0 Å². The van der Waals surface area contributed by atoms with Gasteiger partial charge in [0.05, 0.1) is 20.3 Å². The zero-order valence-electron chi connectivity index (χ0n) is 29.0. The van der Waals surface area contributed by atoms with Crippen molar-refractivity contribution in [2.24, 2.45) is 0 Å². The lowest BCUT2D eigenvalue weighted by Crippen LogP contribution is -2.10. The molecule has 0 aliphatic carbocycles. The summed E-state index contributed by atoms with van der Waals surface area (Å²) in [6, 6.07) is 17.7. The van der Waals surface area contributed by atoms with E-state index in [4.69, 9.17) is 19.0 Å². The fourth-order valence-electron chi connectivity index (χ4n) is 4.86. The van der Waals surface area contributed by atoms with Crippen LogP contribution in [0.5, 0.6) is 0 Å². The van der Waals surface area contributed by atoms with E-state index in [9.17, 15) is 10.0 Å². The molecule has 3 heterocycles. The van der Waals surface area contributed by atoms with Crippen molar-refractivity contribution in [3.8, 4) is 11.1 Å². The Bertz CT molecular complexity index is 1750. The number of nitrogens with zero attached hydrogens (tertiary/aromatic N) is 5. The van der Waals surface area contributed by atoms with E-state index in [1.807, 2.05) is 78.8 Å². The highest BCUT2D eigenvalue weighted by atomic mass is 32.2. The number of esters is 1. The van der Waals surface area contributed by atoms with Crippen LogP contribution in [0.3, 0.4) is 0 Å². The third-order valence-electron chi connectivity index (χ3n) is 7.19. The summed E-state index contributed by atoms with van der Waals surface area (Å²) in [5.74, 6) is 1.44. The second-order valence-electron chi connectivity index (χ2n) is 10.1. The molecule has 2 aromatic carbocycles. The Kier molecular flexibility index (Phi) is 14.5. The number of ether oxygens (including phenoxy) is 2. The standard InChI is InChI=1S/C32H35N5O5S.2C2H6/c1-6-10-29-33-26-15-16-27(32(38)40-5)34-31(26)36(29)18-22-13-14-24(23(17-22)19-41-7-2)25-11-8-9-12-28(25)43-37(39)30-20(3)21(4)42-35-30;2*1-2/h8-9,11-17,39H,6-7,10,18-19H2,1-5H3;2*1-2H3. The number of methoxy groups -OCH3 is 1. The van der Waals surface area contributed by atoms with Crippen LogP contribution < -0.4 is 4.47 Å². The second-order valence-corrected chi connectivity index (χ2v) is 11.0. The van der Waals surface area contributed by atoms with Gasteiger partial charge in [-0.05, 0) is 67.6 Å². The fourth-order valence-corrected chi connectivity index (χ4v) is 5.72. The van der Waals surface area contributed by atoms with Gasteiger partial charge in [-0.2, -0.15) is 4.47 Å². The number of hydrogen-bond acceptors (Lipinski definition) is 10. The number of benzene rings is 2. The van der Waals surface area contributed by atoms with Gasteiger partial charge in [-0.1, -0.05) is 76.2 Å². The van der Waals surface area contributed by atoms with Gasteiger partial charge < -0.3 is 18.6 Å². The molecular formula is C36H47N5O5S. The van der Waals surface area contributed by atoms with Gasteiger partial charge in [0.25, 0.3) is 0 Å². The van der Waals surface area contributed by atoms with Crippen molar-refractivity contribution in [1.82, 2.24) is 19.7 Å². The monoisotopic (exact) mass is 661 g/mol. The van der Waals surface area contributed by atoms with Gasteiger partial charge >= 0.3 is 5.97 Å². The van der Waals surface area contributed by atoms with E-state index >= 15 is 0 Å². The number of carbonyl (C=O) groups excluding carboxylic acids is 1. The number of carbonyl (C=O) groups is 1. The van der Waals surface area contributed by atoms with E-state index < -0.39 is 5.97 Å². The first-order valence-electron chi connectivity index (χ1n) is 16.2. The molecule has 10 nitrogen and oxygen atoms in total. The number of aryl methyl sites for hydroxylation is 2. The number of imidazole rings is 1. The van der Waals surface area contributed by atoms with E-state index in [0.717, 1.165) is 61.4 Å². The first kappa shape index (κ1) is 37.3. The molecular weight excluding hydrogens is 614 g/mol. The van der Waals surface area contributed by atoms with Gasteiger partial charge in [0, 0.05) is 35.4 Å². The van der Waals surface area contributed by atoms with Crippen LogP contribution in [0.25, 0.3) is 22.3 Å². The quantitative estimate of drug-likeness (QED) is 0.0789. The van der Waals surface area contributed by atoms with Crippen LogP contribution in [0.15, 0.2) is 64.0 Å². The second kappa shape index (κ2) is 18.2. The Morgan fingerprint density at radius 3 is 2.40 bits per heavy atom. The van der Waals surface area contributed by atoms with Gasteiger partial charge in [-0.3, -0.25) is 5.21 Å². The third-order valence-corrected chi connectivity index (χ3v) is 8.09. The summed E-state index contributed by atoms with van der Waals surface area (Å²) in [6.07, 6.45) is 1.70. The minimum atomic E-state index is -0.484. The molecule has 0 aliphatic heterocycles. The van der Waals surface area contributed by atoms with Crippen molar-refractivity contribution in [2.45, 2.75) is 86.3 Å². The number of anilines is 1. The largest absolute Gasteiger partial charge is 0.464 e. The zero-order chi connectivity index (χ0) is 34.5. The normalized spacial score (nSPS) is 10.6. The van der Waals surface area contributed by atoms with Crippen LogP contribution in [0.2, 0.25) is 0 Å². The Morgan fingerprint density at radius 2 is 1.74 bits per heavy atom. The molecule has 0 radical (unpaired) electrons. The molecule has 5 aromatic rings. The van der Waals surface area contributed by atoms with E-state index in [1.54, 1.807) is 6.07 Å². The molecule has 0 spiro atoms. The summed E-state index contributed by atoms with van der Waals surface area (Å²) in [6.45, 7) is 17.3. The summed E-state index contributed by atoms with van der Waals surface area (Å²) in [5, 5.41) is 14.9. The summed E-state index contributed by atoms with van der Waals surface area (Å²) in [4.78, 5) is 22.5. The van der Waals surface area contributed by atoms with E-state index in [1.165, 1.54) is 19.1 Å². The molecule has 0 atom stereocenters.